The molecule has 0 aromatic carbocycles. The van der Waals surface area contributed by atoms with E-state index in [0.717, 1.165) is 45.1 Å². The molecule has 1 heterocycles. The zero-order chi connectivity index (χ0) is 73.6. The Morgan fingerprint density at radius 3 is 1.06 bits per heavy atom. The average molecular weight is 1450 g/mol. The minimum absolute atomic E-state index is 0.0489. The molecule has 0 aromatic heterocycles. The van der Waals surface area contributed by atoms with Crippen molar-refractivity contribution in [2.45, 2.75) is 181 Å². The van der Waals surface area contributed by atoms with E-state index >= 15 is 0 Å². The molecule has 29 heteroatoms. The van der Waals surface area contributed by atoms with Gasteiger partial charge in [0.15, 0.2) is 15.3 Å². The Balaban J connectivity index is 1.35. The Kier molecular flexibility index (Phi) is 36.8. The van der Waals surface area contributed by atoms with Gasteiger partial charge < -0.3 is 42.6 Å². The number of ether oxygens (including phenoxy) is 9. The smallest absolute Gasteiger partial charge is 0.333 e. The van der Waals surface area contributed by atoms with Crippen LogP contribution in [0, 0.1) is 59.2 Å². The third-order valence-electron chi connectivity index (χ3n) is 17.4. The van der Waals surface area contributed by atoms with Gasteiger partial charge in [-0.25, -0.2) is 19.2 Å². The van der Waals surface area contributed by atoms with Crippen LogP contribution in [0.1, 0.15) is 165 Å². The number of unbranched alkanes of at least 4 members (excludes halogenated alkanes) is 1. The highest BCUT2D eigenvalue weighted by molar-refractivity contribution is 8.14. The highest BCUT2D eigenvalue weighted by Crippen LogP contribution is 2.42. The van der Waals surface area contributed by atoms with Crippen molar-refractivity contribution in [3.8, 4) is 0 Å². The summed E-state index contributed by atoms with van der Waals surface area (Å²) < 4.78 is 47.6. The zero-order valence-electron chi connectivity index (χ0n) is 58.6. The molecule has 4 rings (SSSR count). The molecule has 0 bridgehead atoms. The van der Waals surface area contributed by atoms with Crippen LogP contribution >= 0.6 is 35.3 Å². The summed E-state index contributed by atoms with van der Waals surface area (Å²) in [6, 6.07) is -1.07. The fourth-order valence-corrected chi connectivity index (χ4v) is 15.1. The summed E-state index contributed by atoms with van der Waals surface area (Å²) in [4.78, 5) is 199. The van der Waals surface area contributed by atoms with Crippen LogP contribution in [0.15, 0.2) is 36.5 Å². The first-order chi connectivity index (χ1) is 46.8. The van der Waals surface area contributed by atoms with E-state index in [0.29, 0.717) is 57.8 Å². The molecule has 13 unspecified atom stereocenters. The van der Waals surface area contributed by atoms with Gasteiger partial charge in [-0.3, -0.25) is 62.5 Å². The van der Waals surface area contributed by atoms with Crippen molar-refractivity contribution in [1.82, 2.24) is 9.80 Å². The van der Waals surface area contributed by atoms with Crippen LogP contribution < -0.4 is 0 Å². The summed E-state index contributed by atoms with van der Waals surface area (Å²) in [7, 11) is 0. The van der Waals surface area contributed by atoms with Crippen molar-refractivity contribution in [3.05, 3.63) is 36.5 Å². The first-order valence-electron chi connectivity index (χ1n) is 34.0. The highest BCUT2D eigenvalue weighted by Gasteiger charge is 2.44. The predicted octanol–water partition coefficient (Wildman–Crippen LogP) is 8.84. The highest BCUT2D eigenvalue weighted by atomic mass is 32.2. The topological polar surface area (TPSA) is 346 Å². The molecular formula is C70H100N2O24S3. The van der Waals surface area contributed by atoms with Crippen LogP contribution in [0.5, 0.6) is 0 Å². The number of esters is 9. The maximum absolute atomic E-state index is 14.3. The molecule has 4 amide bonds. The van der Waals surface area contributed by atoms with Gasteiger partial charge in [-0.15, -0.1) is 0 Å². The van der Waals surface area contributed by atoms with Gasteiger partial charge in [-0.1, -0.05) is 96.6 Å². The Hall–Kier alpha value is -6.88. The SMILES string of the molecule is C=C(C)C(=O)OCCOC(=O)C1CCC(C)CC1C(=O)SC(C)CC(=O)OCCCCC1CC(=O)N(CCOC(=O)CC(C)SC(=O)C2CC(C)CCC2C(=O)OCCOC(=O)C(=C)C)C(=O)N(CCOC(=O)CC(C)SC(=O)C2CC(C)CCC2C(=O)OCCOC(=O)C(=C)C)C1=O. The van der Waals surface area contributed by atoms with Crippen LogP contribution in [-0.2, 0) is 110 Å². The van der Waals surface area contributed by atoms with Crippen LogP contribution in [0.3, 0.4) is 0 Å². The second-order valence-corrected chi connectivity index (χ2v) is 30.7. The van der Waals surface area contributed by atoms with Gasteiger partial charge in [-0.05, 0) is 116 Å². The Bertz CT molecular complexity index is 2950. The molecule has 13 atom stereocenters. The first-order valence-corrected chi connectivity index (χ1v) is 36.6. The lowest BCUT2D eigenvalue weighted by Gasteiger charge is -2.32. The van der Waals surface area contributed by atoms with Gasteiger partial charge in [0, 0.05) is 62.6 Å². The number of imide groups is 2. The van der Waals surface area contributed by atoms with Crippen molar-refractivity contribution < 1.29 is 115 Å². The lowest BCUT2D eigenvalue weighted by molar-refractivity contribution is -0.157. The lowest BCUT2D eigenvalue weighted by Crippen LogP contribution is -2.48. The van der Waals surface area contributed by atoms with Crippen molar-refractivity contribution in [1.29, 1.82) is 0 Å². The van der Waals surface area contributed by atoms with E-state index in [9.17, 15) is 71.9 Å². The number of nitrogens with zero attached hydrogens (tertiary/aromatic N) is 2. The number of thioether (sulfide) groups is 3. The number of rotatable bonds is 38. The van der Waals surface area contributed by atoms with Crippen LogP contribution in [0.4, 0.5) is 4.79 Å². The molecular weight excluding hydrogens is 1350 g/mol. The molecule has 3 saturated carbocycles. The molecule has 1 aliphatic heterocycles. The van der Waals surface area contributed by atoms with Gasteiger partial charge in [-0.2, -0.15) is 0 Å². The fraction of sp³-hybridized carbons (Fsp3) is 0.700. The molecule has 0 spiro atoms. The Morgan fingerprint density at radius 2 is 0.727 bits per heavy atom. The second kappa shape index (κ2) is 43.0. The van der Waals surface area contributed by atoms with Crippen molar-refractivity contribution in [2.24, 2.45) is 59.2 Å². The van der Waals surface area contributed by atoms with E-state index in [2.05, 4.69) is 19.7 Å². The number of hydrogen-bond donors (Lipinski definition) is 0. The molecule has 0 aromatic rings. The van der Waals surface area contributed by atoms with E-state index in [-0.39, 0.29) is 135 Å². The molecule has 26 nitrogen and oxygen atoms in total. The van der Waals surface area contributed by atoms with Crippen molar-refractivity contribution in [2.75, 3.05) is 72.6 Å². The number of carbonyl (C=O) groups is 15. The third-order valence-corrected chi connectivity index (χ3v) is 20.7. The van der Waals surface area contributed by atoms with Crippen molar-refractivity contribution in [3.63, 3.8) is 0 Å². The maximum Gasteiger partial charge on any atom is 0.333 e. The predicted molar refractivity (Wildman–Crippen MR) is 364 cm³/mol. The summed E-state index contributed by atoms with van der Waals surface area (Å²) in [5, 5.41) is -2.69. The molecule has 3 aliphatic carbocycles. The van der Waals surface area contributed by atoms with Crippen molar-refractivity contribution >= 4 is 122 Å². The minimum atomic E-state index is -1.08. The first kappa shape index (κ1) is 84.5. The molecule has 4 fully saturated rings. The van der Waals surface area contributed by atoms with E-state index in [4.69, 9.17) is 42.6 Å². The van der Waals surface area contributed by atoms with Crippen LogP contribution in [-0.4, -0.2) is 185 Å². The summed E-state index contributed by atoms with van der Waals surface area (Å²) in [5.74, 6) is -12.3. The van der Waals surface area contributed by atoms with E-state index in [1.807, 2.05) is 20.8 Å². The van der Waals surface area contributed by atoms with Gasteiger partial charge in [0.05, 0.1) is 56.7 Å². The summed E-state index contributed by atoms with van der Waals surface area (Å²) in [6.45, 7) is 22.6. The molecule has 0 radical (unpaired) electrons. The van der Waals surface area contributed by atoms with E-state index in [1.165, 1.54) is 20.8 Å². The van der Waals surface area contributed by atoms with Crippen LogP contribution in [0.2, 0.25) is 0 Å². The monoisotopic (exact) mass is 1450 g/mol. The molecule has 552 valence electrons. The maximum atomic E-state index is 14.3. The second-order valence-electron chi connectivity index (χ2n) is 26.4. The van der Waals surface area contributed by atoms with Gasteiger partial charge in [0.25, 0.3) is 0 Å². The average Bonchev–Trinajstić information content (AvgIpc) is 1.32. The Labute approximate surface area is 592 Å². The summed E-state index contributed by atoms with van der Waals surface area (Å²) in [6.07, 6.45) is 3.93. The number of urea groups is 1. The molecule has 0 N–H and O–H groups in total. The lowest BCUT2D eigenvalue weighted by atomic mass is 9.75. The normalized spacial score (nSPS) is 23.3. The summed E-state index contributed by atoms with van der Waals surface area (Å²) >= 11 is 2.70. The number of hydrogen-bond acceptors (Lipinski definition) is 27. The van der Waals surface area contributed by atoms with E-state index in [1.54, 1.807) is 20.8 Å². The Morgan fingerprint density at radius 1 is 0.414 bits per heavy atom. The fourth-order valence-electron chi connectivity index (χ4n) is 12.0. The van der Waals surface area contributed by atoms with E-state index < -0.39 is 161 Å². The molecule has 4 aliphatic rings. The largest absolute Gasteiger partial charge is 0.466 e. The molecule has 99 heavy (non-hydrogen) atoms. The number of carbonyl (C=O) groups excluding carboxylic acids is 15. The van der Waals surface area contributed by atoms with Gasteiger partial charge in [0.1, 0.15) is 52.9 Å². The molecule has 1 saturated heterocycles. The quantitative estimate of drug-likeness (QED) is 0.0241. The third kappa shape index (κ3) is 29.3. The summed E-state index contributed by atoms with van der Waals surface area (Å²) in [5.41, 5.74) is 0.567. The minimum Gasteiger partial charge on any atom is -0.466 e. The standard InChI is InChI=1S/C70H100N2O24S3/c1-40(2)61(78)91-27-30-94-64(81)50-19-16-43(7)33-53(50)67(84)97-46(10)36-57(74)88-24-14-13-15-49-39-56(73)71(22-25-89-58(75)37-47(11)98-68(85)54-34-44(8)17-20-51(54)65(82)95-31-28-92-62(79)41(3)4)70(87)72(60(49)77)23-26-90-59(76)38-48(12)99-69(86)55-35-45(9)18-21-52(55)66(83)96-32-29-93-63(80)42(5)6/h43-55H,1,3,5,13-39H2,2,4,6-12H3. The zero-order valence-corrected chi connectivity index (χ0v) is 61.1. The number of amides is 4. The van der Waals surface area contributed by atoms with Gasteiger partial charge >= 0.3 is 59.8 Å². The van der Waals surface area contributed by atoms with Gasteiger partial charge in [0.2, 0.25) is 11.8 Å². The van der Waals surface area contributed by atoms with Crippen LogP contribution in [0.25, 0.3) is 0 Å².